The zero-order chi connectivity index (χ0) is 15.9. The molecular formula is C15H19BrN4O2. The van der Waals surface area contributed by atoms with Crippen LogP contribution >= 0.6 is 15.9 Å². The number of aromatic nitrogens is 2. The summed E-state index contributed by atoms with van der Waals surface area (Å²) in [6, 6.07) is 7.48. The van der Waals surface area contributed by atoms with E-state index in [2.05, 4.69) is 31.7 Å². The van der Waals surface area contributed by atoms with Gasteiger partial charge in [0.1, 0.15) is 0 Å². The number of carbonyl (C=O) groups excluding carboxylic acids is 1. The SMILES string of the molecule is COCCn1cc(NC(=O)NC(C)c2cccc(Br)c2)cn1. The van der Waals surface area contributed by atoms with Crippen molar-refractivity contribution in [1.82, 2.24) is 15.1 Å². The second-order valence-electron chi connectivity index (χ2n) is 4.86. The molecule has 7 heteroatoms. The van der Waals surface area contributed by atoms with Crippen LogP contribution in [0.15, 0.2) is 41.1 Å². The molecule has 0 bridgehead atoms. The molecule has 2 aromatic rings. The van der Waals surface area contributed by atoms with Crippen LogP contribution in [0.5, 0.6) is 0 Å². The summed E-state index contributed by atoms with van der Waals surface area (Å²) in [4.78, 5) is 12.0. The highest BCUT2D eigenvalue weighted by Crippen LogP contribution is 2.18. The first-order valence-corrected chi connectivity index (χ1v) is 7.72. The smallest absolute Gasteiger partial charge is 0.319 e. The molecule has 0 aliphatic heterocycles. The molecule has 1 heterocycles. The van der Waals surface area contributed by atoms with Gasteiger partial charge in [-0.15, -0.1) is 0 Å². The van der Waals surface area contributed by atoms with E-state index in [1.54, 1.807) is 24.2 Å². The molecule has 1 aromatic carbocycles. The molecule has 0 aliphatic rings. The van der Waals surface area contributed by atoms with Gasteiger partial charge in [0.15, 0.2) is 0 Å². The molecule has 1 atom stereocenters. The maximum absolute atomic E-state index is 12.0. The number of amides is 2. The summed E-state index contributed by atoms with van der Waals surface area (Å²) in [5.41, 5.74) is 1.68. The van der Waals surface area contributed by atoms with Crippen molar-refractivity contribution in [3.05, 3.63) is 46.7 Å². The molecule has 0 radical (unpaired) electrons. The van der Waals surface area contributed by atoms with Gasteiger partial charge in [-0.1, -0.05) is 28.1 Å². The van der Waals surface area contributed by atoms with Crippen LogP contribution in [0.25, 0.3) is 0 Å². The first-order valence-electron chi connectivity index (χ1n) is 6.93. The molecule has 22 heavy (non-hydrogen) atoms. The van der Waals surface area contributed by atoms with Gasteiger partial charge in [0.05, 0.1) is 31.1 Å². The minimum atomic E-state index is -0.265. The lowest BCUT2D eigenvalue weighted by atomic mass is 10.1. The van der Waals surface area contributed by atoms with E-state index in [1.807, 2.05) is 31.2 Å². The third-order valence-corrected chi connectivity index (χ3v) is 3.61. The lowest BCUT2D eigenvalue weighted by molar-refractivity contribution is 0.183. The highest BCUT2D eigenvalue weighted by Gasteiger charge is 2.10. The normalized spacial score (nSPS) is 12.0. The third-order valence-electron chi connectivity index (χ3n) is 3.11. The Morgan fingerprint density at radius 3 is 3.05 bits per heavy atom. The summed E-state index contributed by atoms with van der Waals surface area (Å²) in [7, 11) is 1.64. The van der Waals surface area contributed by atoms with Gasteiger partial charge in [0.2, 0.25) is 0 Å². The van der Waals surface area contributed by atoms with Crippen molar-refractivity contribution >= 4 is 27.6 Å². The number of halogens is 1. The van der Waals surface area contributed by atoms with E-state index in [0.717, 1.165) is 10.0 Å². The van der Waals surface area contributed by atoms with E-state index in [0.29, 0.717) is 18.8 Å². The number of nitrogens with zero attached hydrogens (tertiary/aromatic N) is 2. The predicted molar refractivity (Wildman–Crippen MR) is 88.8 cm³/mol. The van der Waals surface area contributed by atoms with E-state index >= 15 is 0 Å². The molecule has 1 unspecified atom stereocenters. The second kappa shape index (κ2) is 7.95. The van der Waals surface area contributed by atoms with Crippen molar-refractivity contribution in [3.63, 3.8) is 0 Å². The van der Waals surface area contributed by atoms with Crippen molar-refractivity contribution in [3.8, 4) is 0 Å². The second-order valence-corrected chi connectivity index (χ2v) is 5.78. The summed E-state index contributed by atoms with van der Waals surface area (Å²) in [5, 5.41) is 9.80. The molecule has 0 saturated heterocycles. The minimum Gasteiger partial charge on any atom is -0.383 e. The monoisotopic (exact) mass is 366 g/mol. The minimum absolute atomic E-state index is 0.0963. The number of nitrogens with one attached hydrogen (secondary N) is 2. The van der Waals surface area contributed by atoms with E-state index in [4.69, 9.17) is 4.74 Å². The van der Waals surface area contributed by atoms with Crippen LogP contribution in [-0.4, -0.2) is 29.5 Å². The highest BCUT2D eigenvalue weighted by atomic mass is 79.9. The van der Waals surface area contributed by atoms with Crippen LogP contribution in [0, 0.1) is 0 Å². The number of urea groups is 1. The Balaban J connectivity index is 1.88. The third kappa shape index (κ3) is 4.85. The van der Waals surface area contributed by atoms with E-state index in [9.17, 15) is 4.79 Å². The molecule has 0 spiro atoms. The fraction of sp³-hybridized carbons (Fsp3) is 0.333. The lowest BCUT2D eigenvalue weighted by Gasteiger charge is -2.14. The largest absolute Gasteiger partial charge is 0.383 e. The van der Waals surface area contributed by atoms with Gasteiger partial charge in [-0.2, -0.15) is 5.10 Å². The number of benzene rings is 1. The average molecular weight is 367 g/mol. The first kappa shape index (κ1) is 16.5. The first-order chi connectivity index (χ1) is 10.6. The van der Waals surface area contributed by atoms with Gasteiger partial charge in [-0.25, -0.2) is 4.79 Å². The van der Waals surface area contributed by atoms with Crippen LogP contribution in [-0.2, 0) is 11.3 Å². The van der Waals surface area contributed by atoms with Gasteiger partial charge in [-0.05, 0) is 24.6 Å². The summed E-state index contributed by atoms with van der Waals surface area (Å²) in [6.45, 7) is 3.16. The van der Waals surface area contributed by atoms with Crippen LogP contribution in [0.2, 0.25) is 0 Å². The van der Waals surface area contributed by atoms with E-state index < -0.39 is 0 Å². The highest BCUT2D eigenvalue weighted by molar-refractivity contribution is 9.10. The molecule has 2 rings (SSSR count). The quantitative estimate of drug-likeness (QED) is 0.824. The molecule has 1 aromatic heterocycles. The maximum Gasteiger partial charge on any atom is 0.319 e. The number of rotatable bonds is 6. The van der Waals surface area contributed by atoms with Crippen molar-refractivity contribution in [2.24, 2.45) is 0 Å². The Kier molecular flexibility index (Phi) is 5.97. The molecule has 0 fully saturated rings. The number of anilines is 1. The predicted octanol–water partition coefficient (Wildman–Crippen LogP) is 3.17. The Morgan fingerprint density at radius 2 is 2.32 bits per heavy atom. The molecule has 0 saturated carbocycles. The van der Waals surface area contributed by atoms with E-state index in [-0.39, 0.29) is 12.1 Å². The van der Waals surface area contributed by atoms with Gasteiger partial charge in [-0.3, -0.25) is 4.68 Å². The summed E-state index contributed by atoms with van der Waals surface area (Å²) < 4.78 is 7.69. The van der Waals surface area contributed by atoms with Crippen LogP contribution in [0.3, 0.4) is 0 Å². The number of hydrogen-bond donors (Lipinski definition) is 2. The maximum atomic E-state index is 12.0. The molecule has 2 N–H and O–H groups in total. The molecular weight excluding hydrogens is 348 g/mol. The number of ether oxygens (including phenoxy) is 1. The van der Waals surface area contributed by atoms with Gasteiger partial charge in [0.25, 0.3) is 0 Å². The summed E-state index contributed by atoms with van der Waals surface area (Å²) >= 11 is 3.42. The van der Waals surface area contributed by atoms with Crippen LogP contribution in [0.4, 0.5) is 10.5 Å². The molecule has 118 valence electrons. The standard InChI is InChI=1S/C15H19BrN4O2/c1-11(12-4-3-5-13(16)8-12)18-15(21)19-14-9-17-20(10-14)6-7-22-2/h3-5,8-11H,6-7H2,1-2H3,(H2,18,19,21). The summed E-state index contributed by atoms with van der Waals surface area (Å²) in [6.07, 6.45) is 3.38. The van der Waals surface area contributed by atoms with Crippen LogP contribution in [0.1, 0.15) is 18.5 Å². The zero-order valence-electron chi connectivity index (χ0n) is 12.5. The fourth-order valence-corrected chi connectivity index (χ4v) is 2.38. The van der Waals surface area contributed by atoms with Gasteiger partial charge < -0.3 is 15.4 Å². The summed E-state index contributed by atoms with van der Waals surface area (Å²) in [5.74, 6) is 0. The lowest BCUT2D eigenvalue weighted by Crippen LogP contribution is -2.31. The zero-order valence-corrected chi connectivity index (χ0v) is 14.1. The Labute approximate surface area is 138 Å². The number of methoxy groups -OCH3 is 1. The number of hydrogen-bond acceptors (Lipinski definition) is 3. The van der Waals surface area contributed by atoms with Crippen LogP contribution < -0.4 is 10.6 Å². The van der Waals surface area contributed by atoms with Gasteiger partial charge >= 0.3 is 6.03 Å². The fourth-order valence-electron chi connectivity index (χ4n) is 1.96. The molecule has 6 nitrogen and oxygen atoms in total. The molecule has 0 aliphatic carbocycles. The van der Waals surface area contributed by atoms with Gasteiger partial charge in [0, 0.05) is 17.8 Å². The Bertz CT molecular complexity index is 630. The topological polar surface area (TPSA) is 68.2 Å². The van der Waals surface area contributed by atoms with Crippen molar-refractivity contribution in [2.45, 2.75) is 19.5 Å². The Morgan fingerprint density at radius 1 is 1.50 bits per heavy atom. The molecule has 2 amide bonds. The van der Waals surface area contributed by atoms with Crippen molar-refractivity contribution < 1.29 is 9.53 Å². The van der Waals surface area contributed by atoms with Crippen molar-refractivity contribution in [1.29, 1.82) is 0 Å². The van der Waals surface area contributed by atoms with E-state index in [1.165, 1.54) is 0 Å². The number of carbonyl (C=O) groups is 1. The average Bonchev–Trinajstić information content (AvgIpc) is 2.92. The Hall–Kier alpha value is -1.86. The van der Waals surface area contributed by atoms with Crippen molar-refractivity contribution in [2.75, 3.05) is 19.0 Å².